The summed E-state index contributed by atoms with van der Waals surface area (Å²) in [5.41, 5.74) is 0.701. The summed E-state index contributed by atoms with van der Waals surface area (Å²) in [5.74, 6) is 0.844. The lowest BCUT2D eigenvalue weighted by atomic mass is 9.79. The van der Waals surface area contributed by atoms with E-state index < -0.39 is 19.8 Å². The largest absolute Gasteiger partial charge is 0.497 e. The Morgan fingerprint density at radius 1 is 1.07 bits per heavy atom. The molecule has 0 bridgehead atoms. The summed E-state index contributed by atoms with van der Waals surface area (Å²) in [4.78, 5) is 0. The maximum absolute atomic E-state index is 10.7. The summed E-state index contributed by atoms with van der Waals surface area (Å²) in [6.07, 6.45) is 3.83. The van der Waals surface area contributed by atoms with Gasteiger partial charge in [-0.1, -0.05) is 58.9 Å². The predicted octanol–water partition coefficient (Wildman–Crippen LogP) is 5.96. The molecule has 0 saturated heterocycles. The van der Waals surface area contributed by atoms with Crippen molar-refractivity contribution in [2.45, 2.75) is 84.9 Å². The Hall–Kier alpha value is -1.14. The second kappa shape index (κ2) is 10.8. The van der Waals surface area contributed by atoms with Gasteiger partial charge in [0.15, 0.2) is 8.32 Å². The number of aliphatic hydroxyl groups is 1. The van der Waals surface area contributed by atoms with Gasteiger partial charge in [-0.15, -0.1) is 0 Å². The van der Waals surface area contributed by atoms with E-state index in [1.165, 1.54) is 0 Å². The molecule has 5 heteroatoms. The fraction of sp³-hybridized carbons (Fsp3) is 0.667. The van der Waals surface area contributed by atoms with Crippen LogP contribution in [0.5, 0.6) is 5.75 Å². The molecule has 1 N–H and O–H groups in total. The molecule has 1 aromatic carbocycles. The van der Waals surface area contributed by atoms with Gasteiger partial charge in [0, 0.05) is 12.0 Å². The number of methoxy groups -OCH3 is 1. The van der Waals surface area contributed by atoms with Crippen molar-refractivity contribution in [1.29, 1.82) is 0 Å². The Morgan fingerprint density at radius 2 is 1.66 bits per heavy atom. The first-order valence-corrected chi connectivity index (χ1v) is 13.5. The Morgan fingerprint density at radius 3 is 2.14 bits per heavy atom. The smallest absolute Gasteiger partial charge is 0.192 e. The van der Waals surface area contributed by atoms with Crippen molar-refractivity contribution in [3.8, 4) is 5.75 Å². The summed E-state index contributed by atoms with van der Waals surface area (Å²) >= 11 is 0. The van der Waals surface area contributed by atoms with Crippen LogP contribution in [-0.4, -0.2) is 39.3 Å². The summed E-state index contributed by atoms with van der Waals surface area (Å²) in [6.45, 7) is 18.5. The molecule has 0 amide bonds. The Kier molecular flexibility index (Phi) is 9.60. The van der Waals surface area contributed by atoms with E-state index in [2.05, 4.69) is 47.7 Å². The molecule has 0 radical (unpaired) electrons. The molecule has 1 aromatic rings. The van der Waals surface area contributed by atoms with Crippen molar-refractivity contribution in [3.05, 3.63) is 42.0 Å². The molecule has 0 heterocycles. The second-order valence-corrected chi connectivity index (χ2v) is 14.6. The molecular weight excluding hydrogens is 380 g/mol. The number of hydrogen-bond donors (Lipinski definition) is 1. The monoisotopic (exact) mass is 422 g/mol. The Balaban J connectivity index is 2.82. The highest BCUT2D eigenvalue weighted by Gasteiger charge is 2.44. The van der Waals surface area contributed by atoms with E-state index in [0.717, 1.165) is 17.7 Å². The van der Waals surface area contributed by atoms with Gasteiger partial charge in [0.1, 0.15) is 5.75 Å². The van der Waals surface area contributed by atoms with Crippen molar-refractivity contribution in [2.75, 3.05) is 13.7 Å². The molecule has 166 valence electrons. The van der Waals surface area contributed by atoms with Gasteiger partial charge in [-0.25, -0.2) is 0 Å². The van der Waals surface area contributed by atoms with Crippen molar-refractivity contribution < 1.29 is 19.0 Å². The minimum Gasteiger partial charge on any atom is -0.497 e. The zero-order valence-corrected chi connectivity index (χ0v) is 20.9. The van der Waals surface area contributed by atoms with Gasteiger partial charge in [-0.3, -0.25) is 0 Å². The number of aliphatic hydroxyl groups excluding tert-OH is 1. The lowest BCUT2D eigenvalue weighted by Gasteiger charge is -2.45. The van der Waals surface area contributed by atoms with E-state index in [0.29, 0.717) is 13.2 Å². The van der Waals surface area contributed by atoms with Crippen LogP contribution in [0.2, 0.25) is 18.1 Å². The van der Waals surface area contributed by atoms with E-state index in [4.69, 9.17) is 13.9 Å². The maximum atomic E-state index is 10.7. The Labute approximate surface area is 179 Å². The molecule has 0 aromatic heterocycles. The molecule has 1 rings (SSSR count). The summed E-state index contributed by atoms with van der Waals surface area (Å²) in [7, 11) is -0.321. The SMILES string of the molecule is C/C=C/[C@@H](O)C(C)(C)[C@H](CCOCc1ccc(OC)cc1)O[Si](C)(C)C(C)(C)C. The van der Waals surface area contributed by atoms with E-state index >= 15 is 0 Å². The van der Waals surface area contributed by atoms with Crippen LogP contribution >= 0.6 is 0 Å². The maximum Gasteiger partial charge on any atom is 0.192 e. The van der Waals surface area contributed by atoms with Crippen LogP contribution in [-0.2, 0) is 15.8 Å². The highest BCUT2D eigenvalue weighted by Crippen LogP contribution is 2.41. The van der Waals surface area contributed by atoms with E-state index in [1.54, 1.807) is 7.11 Å². The molecule has 4 nitrogen and oxygen atoms in total. The normalized spacial score (nSPS) is 15.5. The molecule has 29 heavy (non-hydrogen) atoms. The minimum atomic E-state index is -1.99. The third kappa shape index (κ3) is 7.56. The standard InChI is InChI=1S/C24H42O4Si/c1-10-11-21(25)24(5,6)22(28-29(8,9)23(2,3)4)16-17-27-18-19-12-14-20(26-7)15-13-19/h10-15,21-22,25H,16-18H2,1-9H3/b11-10+/t21-,22+/m1/s1. The van der Waals surface area contributed by atoms with Gasteiger partial charge >= 0.3 is 0 Å². The summed E-state index contributed by atoms with van der Waals surface area (Å²) < 4.78 is 17.9. The third-order valence-electron chi connectivity index (χ3n) is 6.16. The average Bonchev–Trinajstić information content (AvgIpc) is 2.63. The third-order valence-corrected chi connectivity index (χ3v) is 10.6. The van der Waals surface area contributed by atoms with Crippen LogP contribution in [0.1, 0.15) is 53.5 Å². The summed E-state index contributed by atoms with van der Waals surface area (Å²) in [5, 5.41) is 10.8. The number of allylic oxidation sites excluding steroid dienone is 1. The Bertz CT molecular complexity index is 629. The van der Waals surface area contributed by atoms with Gasteiger partial charge < -0.3 is 19.0 Å². The van der Waals surface area contributed by atoms with Gasteiger partial charge in [0.2, 0.25) is 0 Å². The van der Waals surface area contributed by atoms with Gasteiger partial charge in [0.25, 0.3) is 0 Å². The summed E-state index contributed by atoms with van der Waals surface area (Å²) in [6, 6.07) is 7.92. The molecule has 0 fully saturated rings. The zero-order chi connectivity index (χ0) is 22.3. The molecule has 0 aliphatic carbocycles. The van der Waals surface area contributed by atoms with Gasteiger partial charge in [0.05, 0.1) is 25.9 Å². The highest BCUT2D eigenvalue weighted by atomic mass is 28.4. The first kappa shape index (κ1) is 25.9. The van der Waals surface area contributed by atoms with Crippen LogP contribution < -0.4 is 4.74 Å². The predicted molar refractivity (Wildman–Crippen MR) is 124 cm³/mol. The second-order valence-electron chi connectivity index (χ2n) is 9.85. The van der Waals surface area contributed by atoms with Crippen molar-refractivity contribution >= 4 is 8.32 Å². The molecule has 2 atom stereocenters. The van der Waals surface area contributed by atoms with Crippen LogP contribution in [0.4, 0.5) is 0 Å². The van der Waals surface area contributed by atoms with E-state index in [9.17, 15) is 5.11 Å². The minimum absolute atomic E-state index is 0.0922. The van der Waals surface area contributed by atoms with Gasteiger partial charge in [-0.2, -0.15) is 0 Å². The fourth-order valence-electron chi connectivity index (χ4n) is 2.84. The van der Waals surface area contributed by atoms with Crippen LogP contribution in [0.25, 0.3) is 0 Å². The lowest BCUT2D eigenvalue weighted by molar-refractivity contribution is -0.0360. The van der Waals surface area contributed by atoms with Crippen molar-refractivity contribution in [2.24, 2.45) is 5.41 Å². The quantitative estimate of drug-likeness (QED) is 0.272. The van der Waals surface area contributed by atoms with E-state index in [1.807, 2.05) is 43.3 Å². The number of hydrogen-bond acceptors (Lipinski definition) is 4. The molecular formula is C24H42O4Si. The molecule has 0 spiro atoms. The number of benzene rings is 1. The lowest BCUT2D eigenvalue weighted by Crippen LogP contribution is -2.51. The van der Waals surface area contributed by atoms with Gasteiger partial charge in [-0.05, 0) is 49.2 Å². The average molecular weight is 423 g/mol. The number of ether oxygens (including phenoxy) is 2. The van der Waals surface area contributed by atoms with Crippen molar-refractivity contribution in [3.63, 3.8) is 0 Å². The highest BCUT2D eigenvalue weighted by molar-refractivity contribution is 6.74. The first-order chi connectivity index (χ1) is 13.3. The molecule has 0 saturated carbocycles. The van der Waals surface area contributed by atoms with Crippen LogP contribution in [0.15, 0.2) is 36.4 Å². The zero-order valence-electron chi connectivity index (χ0n) is 19.9. The molecule has 0 unspecified atom stereocenters. The first-order valence-electron chi connectivity index (χ1n) is 10.5. The van der Waals surface area contributed by atoms with Crippen molar-refractivity contribution in [1.82, 2.24) is 0 Å². The topological polar surface area (TPSA) is 47.9 Å². The van der Waals surface area contributed by atoms with Crippen LogP contribution in [0.3, 0.4) is 0 Å². The molecule has 0 aliphatic heterocycles. The van der Waals surface area contributed by atoms with E-state index in [-0.39, 0.29) is 11.1 Å². The van der Waals surface area contributed by atoms with Crippen LogP contribution in [0, 0.1) is 5.41 Å². The fourth-order valence-corrected chi connectivity index (χ4v) is 4.32. The molecule has 0 aliphatic rings. The number of rotatable bonds is 11.